The van der Waals surface area contributed by atoms with E-state index in [9.17, 15) is 0 Å². The molecule has 0 atom stereocenters. The van der Waals surface area contributed by atoms with Gasteiger partial charge in [0, 0.05) is 17.1 Å². The number of ether oxygens (including phenoxy) is 2. The molecule has 2 N–H and O–H groups in total. The zero-order valence-corrected chi connectivity index (χ0v) is 17.6. The number of rotatable bonds is 6. The molecule has 7 heteroatoms. The van der Waals surface area contributed by atoms with E-state index in [0.717, 1.165) is 27.7 Å². The maximum absolute atomic E-state index is 5.94. The van der Waals surface area contributed by atoms with Crippen molar-refractivity contribution in [3.8, 4) is 11.5 Å². The normalized spacial score (nSPS) is 13.2. The van der Waals surface area contributed by atoms with Crippen molar-refractivity contribution in [2.45, 2.75) is 26.7 Å². The molecular formula is C22H24N4O2S. The van der Waals surface area contributed by atoms with Gasteiger partial charge < -0.3 is 20.1 Å². The lowest BCUT2D eigenvalue weighted by Crippen LogP contribution is -2.21. The molecule has 1 aromatic heterocycles. The first-order valence-corrected chi connectivity index (χ1v) is 10.1. The highest BCUT2D eigenvalue weighted by atomic mass is 32.1. The predicted octanol–water partition coefficient (Wildman–Crippen LogP) is 4.85. The summed E-state index contributed by atoms with van der Waals surface area (Å²) in [6.07, 6.45) is 3.98. The van der Waals surface area contributed by atoms with E-state index in [4.69, 9.17) is 21.7 Å². The molecule has 1 aliphatic rings. The molecule has 29 heavy (non-hydrogen) atoms. The van der Waals surface area contributed by atoms with Gasteiger partial charge in [0.25, 0.3) is 0 Å². The third-order valence-electron chi connectivity index (χ3n) is 5.04. The molecule has 0 unspecified atom stereocenters. The second-order valence-electron chi connectivity index (χ2n) is 7.34. The minimum atomic E-state index is 0.468. The lowest BCUT2D eigenvalue weighted by molar-refractivity contribution is 0.281. The van der Waals surface area contributed by atoms with Gasteiger partial charge in [-0.3, -0.25) is 0 Å². The summed E-state index contributed by atoms with van der Waals surface area (Å²) in [5, 5.41) is 7.75. The highest BCUT2D eigenvalue weighted by Gasteiger charge is 2.23. The number of aryl methyl sites for hydroxylation is 2. The van der Waals surface area contributed by atoms with E-state index < -0.39 is 0 Å². The van der Waals surface area contributed by atoms with Crippen LogP contribution in [0.3, 0.4) is 0 Å². The van der Waals surface area contributed by atoms with Crippen molar-refractivity contribution in [2.24, 2.45) is 5.92 Å². The van der Waals surface area contributed by atoms with Crippen molar-refractivity contribution in [3.63, 3.8) is 0 Å². The van der Waals surface area contributed by atoms with E-state index in [1.807, 2.05) is 44.2 Å². The molecule has 1 heterocycles. The summed E-state index contributed by atoms with van der Waals surface area (Å²) in [6.45, 7) is 4.81. The largest absolute Gasteiger partial charge is 0.493 e. The average molecular weight is 409 g/mol. The van der Waals surface area contributed by atoms with Crippen LogP contribution in [0.15, 0.2) is 36.7 Å². The molecule has 0 radical (unpaired) electrons. The summed E-state index contributed by atoms with van der Waals surface area (Å²) in [6, 6.07) is 9.91. The van der Waals surface area contributed by atoms with Crippen LogP contribution in [0.4, 0.5) is 11.5 Å². The van der Waals surface area contributed by atoms with Gasteiger partial charge in [-0.1, -0.05) is 18.2 Å². The van der Waals surface area contributed by atoms with Gasteiger partial charge in [0.15, 0.2) is 16.6 Å². The molecule has 0 saturated heterocycles. The quantitative estimate of drug-likeness (QED) is 0.565. The molecule has 6 nitrogen and oxygen atoms in total. The van der Waals surface area contributed by atoms with Gasteiger partial charge in [-0.05, 0) is 62.0 Å². The van der Waals surface area contributed by atoms with Gasteiger partial charge in [-0.25, -0.2) is 9.97 Å². The number of nitrogens with one attached hydrogen (secondary N) is 2. The van der Waals surface area contributed by atoms with Crippen molar-refractivity contribution < 1.29 is 9.47 Å². The van der Waals surface area contributed by atoms with Crippen LogP contribution in [0.2, 0.25) is 0 Å². The molecule has 0 spiro atoms. The van der Waals surface area contributed by atoms with Gasteiger partial charge in [0.1, 0.15) is 12.1 Å². The number of benzene rings is 2. The van der Waals surface area contributed by atoms with Crippen molar-refractivity contribution in [3.05, 3.63) is 47.8 Å². The Morgan fingerprint density at radius 1 is 1.10 bits per heavy atom. The van der Waals surface area contributed by atoms with Crippen LogP contribution in [0.1, 0.15) is 24.0 Å². The first-order chi connectivity index (χ1) is 14.0. The lowest BCUT2D eigenvalue weighted by atomic mass is 10.1. The summed E-state index contributed by atoms with van der Waals surface area (Å²) in [5.41, 5.74) is 4.02. The van der Waals surface area contributed by atoms with E-state index >= 15 is 0 Å². The Labute approximate surface area is 175 Å². The molecule has 1 aliphatic carbocycles. The summed E-state index contributed by atoms with van der Waals surface area (Å²) in [5.74, 6) is 2.63. The Kier molecular flexibility index (Phi) is 5.49. The van der Waals surface area contributed by atoms with Crippen molar-refractivity contribution in [1.82, 2.24) is 9.97 Å². The highest BCUT2D eigenvalue weighted by molar-refractivity contribution is 7.80. The number of anilines is 2. The summed E-state index contributed by atoms with van der Waals surface area (Å²) < 4.78 is 11.5. The molecule has 2 aromatic carbocycles. The van der Waals surface area contributed by atoms with Crippen LogP contribution in [0.25, 0.3) is 10.9 Å². The Balaban J connectivity index is 1.59. The number of fused-ring (bicyclic) bond motifs is 1. The first kappa shape index (κ1) is 19.4. The van der Waals surface area contributed by atoms with E-state index in [-0.39, 0.29) is 0 Å². The van der Waals surface area contributed by atoms with Gasteiger partial charge >= 0.3 is 0 Å². The molecule has 3 aromatic rings. The van der Waals surface area contributed by atoms with Crippen LogP contribution >= 0.6 is 12.2 Å². The van der Waals surface area contributed by atoms with Gasteiger partial charge in [-0.2, -0.15) is 0 Å². The minimum absolute atomic E-state index is 0.468. The summed E-state index contributed by atoms with van der Waals surface area (Å²) >= 11 is 5.53. The topological polar surface area (TPSA) is 68.3 Å². The first-order valence-electron chi connectivity index (χ1n) is 9.65. The number of aromatic nitrogens is 2. The fraction of sp³-hybridized carbons (Fsp3) is 0.318. The molecule has 1 fully saturated rings. The molecule has 0 bridgehead atoms. The van der Waals surface area contributed by atoms with E-state index in [2.05, 4.69) is 20.6 Å². The van der Waals surface area contributed by atoms with Crippen LogP contribution in [-0.4, -0.2) is 28.8 Å². The molecule has 4 rings (SSSR count). The molecule has 150 valence electrons. The van der Waals surface area contributed by atoms with Crippen LogP contribution in [0, 0.1) is 19.8 Å². The van der Waals surface area contributed by atoms with Crippen molar-refractivity contribution >= 4 is 39.7 Å². The number of nitrogens with zero attached hydrogens (tertiary/aromatic N) is 2. The monoisotopic (exact) mass is 408 g/mol. The third kappa shape index (κ3) is 4.40. The zero-order valence-electron chi connectivity index (χ0n) is 16.8. The third-order valence-corrected chi connectivity index (χ3v) is 5.25. The number of methoxy groups -OCH3 is 1. The number of hydrogen-bond donors (Lipinski definition) is 2. The van der Waals surface area contributed by atoms with E-state index in [1.54, 1.807) is 7.11 Å². The Bertz CT molecular complexity index is 1050. The van der Waals surface area contributed by atoms with Crippen molar-refractivity contribution in [2.75, 3.05) is 24.4 Å². The van der Waals surface area contributed by atoms with E-state index in [1.165, 1.54) is 19.2 Å². The molecule has 1 saturated carbocycles. The summed E-state index contributed by atoms with van der Waals surface area (Å²) in [4.78, 5) is 8.77. The zero-order chi connectivity index (χ0) is 20.4. The Hall–Kier alpha value is -2.93. The summed E-state index contributed by atoms with van der Waals surface area (Å²) in [7, 11) is 1.63. The fourth-order valence-electron chi connectivity index (χ4n) is 3.19. The molecule has 0 aliphatic heterocycles. The van der Waals surface area contributed by atoms with Gasteiger partial charge in [0.05, 0.1) is 19.2 Å². The van der Waals surface area contributed by atoms with Crippen LogP contribution in [0.5, 0.6) is 11.5 Å². The smallest absolute Gasteiger partial charge is 0.176 e. The number of thiocarbonyl (C=S) groups is 1. The minimum Gasteiger partial charge on any atom is -0.493 e. The number of para-hydroxylation sites is 1. The van der Waals surface area contributed by atoms with E-state index in [0.29, 0.717) is 35.0 Å². The van der Waals surface area contributed by atoms with Gasteiger partial charge in [-0.15, -0.1) is 0 Å². The maximum atomic E-state index is 5.94. The number of hydrogen-bond acceptors (Lipinski definition) is 5. The average Bonchev–Trinajstić information content (AvgIpc) is 3.53. The fourth-order valence-corrected chi connectivity index (χ4v) is 3.39. The van der Waals surface area contributed by atoms with Crippen LogP contribution in [-0.2, 0) is 0 Å². The standard InChI is InChI=1S/C22H24N4O2S/c1-13-5-4-6-14(2)20(13)25-22(29)26-21-16-9-18(27-3)19(28-11-15-7-8-15)10-17(16)23-12-24-21/h4-6,9-10,12,15H,7-8,11H2,1-3H3,(H2,23,24,25,26,29). The van der Waals surface area contributed by atoms with Gasteiger partial charge in [0.2, 0.25) is 0 Å². The SMILES string of the molecule is COc1cc2c(NC(=S)Nc3c(C)cccc3C)ncnc2cc1OCC1CC1. The Morgan fingerprint density at radius 3 is 2.55 bits per heavy atom. The van der Waals surface area contributed by atoms with Crippen molar-refractivity contribution in [1.29, 1.82) is 0 Å². The lowest BCUT2D eigenvalue weighted by Gasteiger charge is -2.16. The second kappa shape index (κ2) is 8.21. The maximum Gasteiger partial charge on any atom is 0.176 e. The predicted molar refractivity (Wildman–Crippen MR) is 120 cm³/mol. The Morgan fingerprint density at radius 2 is 1.86 bits per heavy atom. The highest BCUT2D eigenvalue weighted by Crippen LogP contribution is 2.36. The molecular weight excluding hydrogens is 384 g/mol. The molecule has 0 amide bonds. The van der Waals surface area contributed by atoms with Crippen LogP contribution < -0.4 is 20.1 Å². The second-order valence-corrected chi connectivity index (χ2v) is 7.75.